The van der Waals surface area contributed by atoms with Gasteiger partial charge in [0.2, 0.25) is 35.4 Å². The van der Waals surface area contributed by atoms with E-state index in [9.17, 15) is 53.4 Å². The van der Waals surface area contributed by atoms with Gasteiger partial charge in [0.25, 0.3) is 0 Å². The first kappa shape index (κ1) is 46.6. The lowest BCUT2D eigenvalue weighted by Gasteiger charge is -2.34. The number of aryl methyl sites for hydroxylation is 1. The highest BCUT2D eigenvalue weighted by molar-refractivity contribution is 6.02. The second-order valence-corrected chi connectivity index (χ2v) is 16.7. The van der Waals surface area contributed by atoms with E-state index in [0.29, 0.717) is 23.8 Å². The molecule has 0 bridgehead atoms. The quantitative estimate of drug-likeness (QED) is 0.113. The van der Waals surface area contributed by atoms with E-state index in [0.717, 1.165) is 0 Å². The Kier molecular flexibility index (Phi) is 15.7. The van der Waals surface area contributed by atoms with Crippen LogP contribution < -0.4 is 32.2 Å². The Balaban J connectivity index is 1.92. The predicted molar refractivity (Wildman–Crippen MR) is 211 cm³/mol. The van der Waals surface area contributed by atoms with Crippen molar-refractivity contribution in [3.63, 3.8) is 0 Å². The van der Waals surface area contributed by atoms with E-state index in [1.54, 1.807) is 40.7 Å². The fourth-order valence-electron chi connectivity index (χ4n) is 7.08. The Hall–Kier alpha value is -5.81. The molecule has 1 aromatic heterocycles. The molecule has 1 saturated heterocycles. The second kappa shape index (κ2) is 19.6. The molecule has 3 rings (SSSR count). The fourth-order valence-corrected chi connectivity index (χ4v) is 7.08. The molecular weight excluding hydrogens is 756 g/mol. The number of nitrogens with zero attached hydrogens (tertiary/aromatic N) is 1. The van der Waals surface area contributed by atoms with E-state index in [1.807, 2.05) is 20.8 Å². The zero-order chi connectivity index (χ0) is 43.8. The summed E-state index contributed by atoms with van der Waals surface area (Å²) in [6, 6.07) is -0.984. The Morgan fingerprint density at radius 3 is 1.93 bits per heavy atom. The van der Waals surface area contributed by atoms with Crippen molar-refractivity contribution >= 4 is 64.0 Å². The topological polar surface area (TPSA) is 271 Å². The van der Waals surface area contributed by atoms with Crippen LogP contribution in [0.1, 0.15) is 86.6 Å². The van der Waals surface area contributed by atoms with Crippen LogP contribution in [0, 0.1) is 30.1 Å². The van der Waals surface area contributed by atoms with Crippen molar-refractivity contribution in [1.82, 2.24) is 26.2 Å². The number of fused-ring (bicyclic) bond motifs is 1. The number of amides is 6. The molecule has 2 unspecified atom stereocenters. The summed E-state index contributed by atoms with van der Waals surface area (Å²) in [4.78, 5) is 118. The summed E-state index contributed by atoms with van der Waals surface area (Å²) in [6.45, 7) is 15.4. The van der Waals surface area contributed by atoms with Crippen molar-refractivity contribution in [2.45, 2.75) is 118 Å². The molecule has 1 fully saturated rings. The zero-order valence-electron chi connectivity index (χ0n) is 34.4. The maximum absolute atomic E-state index is 14.4. The van der Waals surface area contributed by atoms with Crippen LogP contribution in [0.5, 0.6) is 0 Å². The Morgan fingerprint density at radius 1 is 0.810 bits per heavy atom. The minimum Gasteiger partial charge on any atom is -0.481 e. The van der Waals surface area contributed by atoms with E-state index in [1.165, 1.54) is 30.0 Å². The van der Waals surface area contributed by atoms with E-state index >= 15 is 0 Å². The van der Waals surface area contributed by atoms with E-state index in [4.69, 9.17) is 4.42 Å². The summed E-state index contributed by atoms with van der Waals surface area (Å²) in [5.41, 5.74) is 0.0596. The van der Waals surface area contributed by atoms with Crippen LogP contribution in [0.2, 0.25) is 0 Å². The van der Waals surface area contributed by atoms with Gasteiger partial charge in [0.15, 0.2) is 0 Å². The zero-order valence-corrected chi connectivity index (χ0v) is 34.4. The van der Waals surface area contributed by atoms with Gasteiger partial charge >= 0.3 is 17.6 Å². The first-order chi connectivity index (χ1) is 26.9. The Bertz CT molecular complexity index is 1970. The summed E-state index contributed by atoms with van der Waals surface area (Å²) in [5.74, 6) is -8.97. The highest BCUT2D eigenvalue weighted by atomic mass is 16.4. The van der Waals surface area contributed by atoms with Gasteiger partial charge in [-0.05, 0) is 60.6 Å². The number of carboxylic acid groups (broad SMARTS) is 2. The molecule has 58 heavy (non-hydrogen) atoms. The molecule has 6 atom stereocenters. The van der Waals surface area contributed by atoms with Crippen LogP contribution >= 0.6 is 0 Å². The lowest BCUT2D eigenvalue weighted by molar-refractivity contribution is -0.146. The third-order valence-corrected chi connectivity index (χ3v) is 9.73. The van der Waals surface area contributed by atoms with E-state index in [-0.39, 0.29) is 23.2 Å². The normalized spacial score (nSPS) is 17.5. The molecule has 1 aromatic carbocycles. The fraction of sp³-hybridized carbons (Fsp3) is 0.575. The van der Waals surface area contributed by atoms with Crippen LogP contribution in [-0.4, -0.2) is 99.2 Å². The molecule has 0 aliphatic carbocycles. The number of hydrogen-bond donors (Lipinski definition) is 7. The maximum Gasteiger partial charge on any atom is 0.336 e. The molecule has 2 aromatic rings. The van der Waals surface area contributed by atoms with E-state index < -0.39 is 114 Å². The van der Waals surface area contributed by atoms with Gasteiger partial charge in [-0.25, -0.2) is 4.79 Å². The maximum atomic E-state index is 14.4. The summed E-state index contributed by atoms with van der Waals surface area (Å²) in [6.07, 6.45) is -0.854. The van der Waals surface area contributed by atoms with Crippen molar-refractivity contribution in [2.75, 3.05) is 11.9 Å². The molecule has 18 nitrogen and oxygen atoms in total. The SMILES string of the molecule is CC(=O)N[C@H](C(=O)NC(CC(=O)O)C(=O)N[C@H](C(=O)N1CC[C@@H](CC(C)(C)C)C1C(=O)N[C@@H](CC(=O)O)C(=O)Nc1ccc2c(C)cc(=O)oc2c1)C(C)C)C(C)C. The van der Waals surface area contributed by atoms with Crippen LogP contribution in [0.15, 0.2) is 33.5 Å². The third-order valence-electron chi connectivity index (χ3n) is 9.73. The molecule has 18 heteroatoms. The molecular formula is C40H56N6O12. The van der Waals surface area contributed by atoms with Crippen molar-refractivity contribution in [2.24, 2.45) is 23.2 Å². The van der Waals surface area contributed by atoms with Crippen molar-refractivity contribution in [3.05, 3.63) is 40.2 Å². The third kappa shape index (κ3) is 12.9. The first-order valence-electron chi connectivity index (χ1n) is 19.2. The number of benzene rings is 1. The van der Waals surface area contributed by atoms with Gasteiger partial charge in [-0.1, -0.05) is 48.5 Å². The van der Waals surface area contributed by atoms with Crippen molar-refractivity contribution in [3.8, 4) is 0 Å². The molecule has 318 valence electrons. The Labute approximate surface area is 336 Å². The lowest BCUT2D eigenvalue weighted by atomic mass is 9.81. The molecule has 0 spiro atoms. The minimum absolute atomic E-state index is 0.0658. The number of rotatable bonds is 17. The number of likely N-dealkylation sites (tertiary alicyclic amines) is 1. The average Bonchev–Trinajstić information content (AvgIpc) is 3.49. The Morgan fingerprint density at radius 2 is 1.40 bits per heavy atom. The number of nitrogens with one attached hydrogen (secondary N) is 5. The van der Waals surface area contributed by atoms with Crippen molar-refractivity contribution in [1.29, 1.82) is 0 Å². The van der Waals surface area contributed by atoms with Gasteiger partial charge < -0.3 is 46.1 Å². The molecule has 1 aliphatic heterocycles. The van der Waals surface area contributed by atoms with Crippen molar-refractivity contribution < 1.29 is 53.0 Å². The molecule has 0 radical (unpaired) electrons. The van der Waals surface area contributed by atoms with Gasteiger partial charge in [0, 0.05) is 36.7 Å². The number of carboxylic acids is 2. The van der Waals surface area contributed by atoms with Gasteiger partial charge in [-0.15, -0.1) is 0 Å². The number of carbonyl (C=O) groups is 8. The van der Waals surface area contributed by atoms with Gasteiger partial charge in [0.05, 0.1) is 12.8 Å². The van der Waals surface area contributed by atoms with Gasteiger partial charge in [0.1, 0.15) is 35.8 Å². The molecule has 6 amide bonds. The predicted octanol–water partition coefficient (Wildman–Crippen LogP) is 1.91. The molecule has 0 saturated carbocycles. The molecule has 1 aliphatic rings. The van der Waals surface area contributed by atoms with Crippen LogP contribution in [-0.2, 0) is 38.4 Å². The summed E-state index contributed by atoms with van der Waals surface area (Å²) >= 11 is 0. The average molecular weight is 813 g/mol. The summed E-state index contributed by atoms with van der Waals surface area (Å²) < 4.78 is 5.25. The number of anilines is 1. The van der Waals surface area contributed by atoms with Crippen LogP contribution in [0.3, 0.4) is 0 Å². The second-order valence-electron chi connectivity index (χ2n) is 16.7. The highest BCUT2D eigenvalue weighted by Gasteiger charge is 2.46. The van der Waals surface area contributed by atoms with Crippen LogP contribution in [0.4, 0.5) is 5.69 Å². The smallest absolute Gasteiger partial charge is 0.336 e. The monoisotopic (exact) mass is 812 g/mol. The number of aliphatic carboxylic acids is 2. The summed E-state index contributed by atoms with van der Waals surface area (Å²) in [5, 5.41) is 32.5. The number of carbonyl (C=O) groups excluding carboxylic acids is 6. The summed E-state index contributed by atoms with van der Waals surface area (Å²) in [7, 11) is 0. The van der Waals surface area contributed by atoms with E-state index in [2.05, 4.69) is 26.6 Å². The largest absolute Gasteiger partial charge is 0.481 e. The number of hydrogen-bond acceptors (Lipinski definition) is 10. The molecule has 7 N–H and O–H groups in total. The highest BCUT2D eigenvalue weighted by Crippen LogP contribution is 2.36. The lowest BCUT2D eigenvalue weighted by Crippen LogP contribution is -2.61. The minimum atomic E-state index is -1.64. The standard InChI is InChI=1S/C40H56N6O12/c1-19(2)32(41-22(6)47)37(55)43-27(17-30(50)51)36(54)45-33(20(3)4)39(57)46-13-12-23(18-40(7,8)9)34(46)38(56)44-26(16-29(48)49)35(53)42-24-10-11-25-21(5)14-31(52)58-28(25)15-24/h10-11,14-15,19-20,23,26-27,32-34H,12-13,16-18H2,1-9H3,(H,41,47)(H,42,53)(H,43,55)(H,44,56)(H,45,54)(H,48,49)(H,50,51)/t23-,26-,27?,32-,33-,34?/m0/s1. The van der Waals surface area contributed by atoms with Gasteiger partial charge in [-0.2, -0.15) is 0 Å². The van der Waals surface area contributed by atoms with Crippen LogP contribution in [0.25, 0.3) is 11.0 Å². The van der Waals surface area contributed by atoms with Gasteiger partial charge in [-0.3, -0.25) is 38.4 Å². The first-order valence-corrected chi connectivity index (χ1v) is 19.2. The molecule has 2 heterocycles.